The smallest absolute Gasteiger partial charge is 0.325 e. The number of aromatic nitrogens is 2. The van der Waals surface area contributed by atoms with Crippen LogP contribution in [0.2, 0.25) is 0 Å². The number of rotatable bonds is 4. The van der Waals surface area contributed by atoms with Crippen LogP contribution in [0, 0.1) is 6.92 Å². The summed E-state index contributed by atoms with van der Waals surface area (Å²) in [6.45, 7) is 3.15. The van der Waals surface area contributed by atoms with Crippen molar-refractivity contribution in [3.63, 3.8) is 0 Å². The molecule has 0 spiro atoms. The fourth-order valence-corrected chi connectivity index (χ4v) is 3.81. The first-order chi connectivity index (χ1) is 12.1. The molecule has 0 aliphatic heterocycles. The molecule has 0 N–H and O–H groups in total. The molecule has 2 heterocycles. The molecular weight excluding hydrogens is 365 g/mol. The molecule has 0 amide bonds. The van der Waals surface area contributed by atoms with E-state index in [9.17, 15) is 21.6 Å². The zero-order valence-electron chi connectivity index (χ0n) is 14.2. The Kier molecular flexibility index (Phi) is 4.56. The van der Waals surface area contributed by atoms with Gasteiger partial charge in [0.1, 0.15) is 5.65 Å². The van der Waals surface area contributed by atoms with Gasteiger partial charge in [0.25, 0.3) is 0 Å². The number of fused-ring (bicyclic) bond motifs is 1. The maximum Gasteiger partial charge on any atom is 0.416 e. The van der Waals surface area contributed by atoms with E-state index in [1.807, 2.05) is 12.1 Å². The van der Waals surface area contributed by atoms with Gasteiger partial charge >= 0.3 is 6.18 Å². The van der Waals surface area contributed by atoms with E-state index in [-0.39, 0.29) is 22.8 Å². The second-order valence-electron chi connectivity index (χ2n) is 6.01. The van der Waals surface area contributed by atoms with Gasteiger partial charge in [-0.3, -0.25) is 0 Å². The van der Waals surface area contributed by atoms with Crippen LogP contribution >= 0.6 is 0 Å². The molecule has 3 rings (SSSR count). The van der Waals surface area contributed by atoms with E-state index in [0.29, 0.717) is 5.65 Å². The highest BCUT2D eigenvalue weighted by atomic mass is 32.2. The molecule has 0 unspecified atom stereocenters. The van der Waals surface area contributed by atoms with Crippen LogP contribution in [0.3, 0.4) is 0 Å². The summed E-state index contributed by atoms with van der Waals surface area (Å²) < 4.78 is 66.2. The van der Waals surface area contributed by atoms with Crippen LogP contribution in [0.25, 0.3) is 11.0 Å². The monoisotopic (exact) mass is 382 g/mol. The average Bonchev–Trinajstić information content (AvgIpc) is 2.90. The molecule has 2 aromatic heterocycles. The van der Waals surface area contributed by atoms with Crippen molar-refractivity contribution in [2.75, 3.05) is 5.75 Å². The summed E-state index contributed by atoms with van der Waals surface area (Å²) in [7, 11) is -3.72. The van der Waals surface area contributed by atoms with Gasteiger partial charge in [-0.2, -0.15) is 13.2 Å². The molecule has 138 valence electrons. The topological polar surface area (TPSA) is 52.0 Å². The van der Waals surface area contributed by atoms with Gasteiger partial charge in [-0.25, -0.2) is 13.4 Å². The Morgan fingerprint density at radius 1 is 1.15 bits per heavy atom. The number of hydrogen-bond acceptors (Lipinski definition) is 3. The number of halogens is 3. The van der Waals surface area contributed by atoms with Crippen molar-refractivity contribution in [3.8, 4) is 0 Å². The third-order valence-corrected chi connectivity index (χ3v) is 6.05. The molecule has 26 heavy (non-hydrogen) atoms. The maximum absolute atomic E-state index is 13.5. The van der Waals surface area contributed by atoms with Crippen LogP contribution in [0.15, 0.2) is 47.5 Å². The van der Waals surface area contributed by atoms with Crippen molar-refractivity contribution < 1.29 is 21.6 Å². The van der Waals surface area contributed by atoms with E-state index in [2.05, 4.69) is 4.98 Å². The second kappa shape index (κ2) is 6.42. The van der Waals surface area contributed by atoms with Crippen molar-refractivity contribution in [2.24, 2.45) is 0 Å². The van der Waals surface area contributed by atoms with Gasteiger partial charge in [0.05, 0.1) is 16.2 Å². The van der Waals surface area contributed by atoms with E-state index in [1.54, 1.807) is 23.8 Å². The molecule has 3 aromatic rings. The fraction of sp³-hybridized carbons (Fsp3) is 0.278. The first-order valence-electron chi connectivity index (χ1n) is 7.97. The molecule has 0 atom stereocenters. The van der Waals surface area contributed by atoms with Gasteiger partial charge < -0.3 is 4.57 Å². The summed E-state index contributed by atoms with van der Waals surface area (Å²) in [5, 5.41) is 0.837. The molecule has 0 bridgehead atoms. The largest absolute Gasteiger partial charge is 0.416 e. The first kappa shape index (κ1) is 18.4. The van der Waals surface area contributed by atoms with Crippen molar-refractivity contribution in [1.29, 1.82) is 0 Å². The maximum atomic E-state index is 13.5. The predicted octanol–water partition coefficient (Wildman–Crippen LogP) is 4.21. The highest BCUT2D eigenvalue weighted by molar-refractivity contribution is 7.91. The van der Waals surface area contributed by atoms with E-state index in [0.717, 1.165) is 17.1 Å². The van der Waals surface area contributed by atoms with Gasteiger partial charge in [0, 0.05) is 23.8 Å². The van der Waals surface area contributed by atoms with Gasteiger partial charge in [-0.1, -0.05) is 13.0 Å². The zero-order chi connectivity index (χ0) is 19.1. The Hall–Kier alpha value is -2.35. The third-order valence-electron chi connectivity index (χ3n) is 4.32. The third kappa shape index (κ3) is 3.33. The van der Waals surface area contributed by atoms with E-state index < -0.39 is 21.6 Å². The summed E-state index contributed by atoms with van der Waals surface area (Å²) in [6, 6.07) is 8.65. The number of hydrogen-bond donors (Lipinski definition) is 0. The summed E-state index contributed by atoms with van der Waals surface area (Å²) in [4.78, 5) is 3.93. The number of pyridine rings is 1. The second-order valence-corrected chi connectivity index (χ2v) is 8.29. The molecule has 1 aromatic carbocycles. The van der Waals surface area contributed by atoms with Crippen LogP contribution in [0.5, 0.6) is 0 Å². The molecule has 0 saturated heterocycles. The molecule has 0 radical (unpaired) electrons. The molecule has 0 aliphatic carbocycles. The summed E-state index contributed by atoms with van der Waals surface area (Å²) >= 11 is 0. The normalized spacial score (nSPS) is 12.7. The molecule has 8 heteroatoms. The predicted molar refractivity (Wildman–Crippen MR) is 92.7 cm³/mol. The van der Waals surface area contributed by atoms with Crippen LogP contribution in [-0.2, 0) is 22.6 Å². The molecular formula is C18H17F3N2O2S. The minimum atomic E-state index is -4.65. The number of benzene rings is 1. The number of nitrogens with zero attached hydrogens (tertiary/aromatic N) is 2. The highest BCUT2D eigenvalue weighted by Crippen LogP contribution is 2.35. The molecule has 0 saturated carbocycles. The van der Waals surface area contributed by atoms with Gasteiger partial charge in [-0.15, -0.1) is 0 Å². The fourth-order valence-electron chi connectivity index (χ4n) is 2.90. The van der Waals surface area contributed by atoms with E-state index >= 15 is 0 Å². The van der Waals surface area contributed by atoms with Crippen LogP contribution in [-0.4, -0.2) is 23.7 Å². The average molecular weight is 382 g/mol. The Bertz CT molecular complexity index is 1070. The Labute approximate surface area is 149 Å². The number of sulfone groups is 1. The van der Waals surface area contributed by atoms with Crippen LogP contribution < -0.4 is 0 Å². The van der Waals surface area contributed by atoms with Gasteiger partial charge in [-0.05, 0) is 42.8 Å². The lowest BCUT2D eigenvalue weighted by Crippen LogP contribution is -2.14. The SMILES string of the molecule is CCS(=O)(=O)c1ccc(Cn2c(C)cc3cccnc32)c(C(F)(F)F)c1. The van der Waals surface area contributed by atoms with E-state index in [1.165, 1.54) is 19.1 Å². The van der Waals surface area contributed by atoms with Crippen molar-refractivity contribution >= 4 is 20.9 Å². The highest BCUT2D eigenvalue weighted by Gasteiger charge is 2.34. The summed E-state index contributed by atoms with van der Waals surface area (Å²) in [5.41, 5.74) is 0.420. The number of aryl methyl sites for hydroxylation is 1. The van der Waals surface area contributed by atoms with E-state index in [4.69, 9.17) is 0 Å². The molecule has 4 nitrogen and oxygen atoms in total. The summed E-state index contributed by atoms with van der Waals surface area (Å²) in [6.07, 6.45) is -3.07. The van der Waals surface area contributed by atoms with Gasteiger partial charge in [0.15, 0.2) is 9.84 Å². The van der Waals surface area contributed by atoms with Crippen molar-refractivity contribution in [1.82, 2.24) is 9.55 Å². The quantitative estimate of drug-likeness (QED) is 0.679. The lowest BCUT2D eigenvalue weighted by atomic mass is 10.1. The minimum Gasteiger partial charge on any atom is -0.325 e. The van der Waals surface area contributed by atoms with Crippen molar-refractivity contribution in [3.05, 3.63) is 59.4 Å². The Balaban J connectivity index is 2.14. The molecule has 0 fully saturated rings. The number of alkyl halides is 3. The summed E-state index contributed by atoms with van der Waals surface area (Å²) in [5.74, 6) is -0.255. The van der Waals surface area contributed by atoms with Crippen molar-refractivity contribution in [2.45, 2.75) is 31.5 Å². The van der Waals surface area contributed by atoms with Gasteiger partial charge in [0.2, 0.25) is 0 Å². The molecule has 0 aliphatic rings. The minimum absolute atomic E-state index is 0.00111. The standard InChI is InChI=1S/C18H17F3N2O2S/c1-3-26(24,25)15-7-6-14(16(10-15)18(19,20)21)11-23-12(2)9-13-5-4-8-22-17(13)23/h4-10H,3,11H2,1-2H3. The lowest BCUT2D eigenvalue weighted by Gasteiger charge is -2.16. The van der Waals surface area contributed by atoms with Crippen LogP contribution in [0.1, 0.15) is 23.7 Å². The first-order valence-corrected chi connectivity index (χ1v) is 9.62. The Morgan fingerprint density at radius 2 is 1.88 bits per heavy atom. The zero-order valence-corrected chi connectivity index (χ0v) is 15.0. The lowest BCUT2D eigenvalue weighted by molar-refractivity contribution is -0.138. The Morgan fingerprint density at radius 3 is 2.54 bits per heavy atom. The van der Waals surface area contributed by atoms with Crippen LogP contribution in [0.4, 0.5) is 13.2 Å².